The van der Waals surface area contributed by atoms with Crippen LogP contribution in [0.1, 0.15) is 25.8 Å². The second-order valence-electron chi connectivity index (χ2n) is 4.13. The number of thiophene rings is 1. The van der Waals surface area contributed by atoms with E-state index in [0.29, 0.717) is 5.92 Å². The van der Waals surface area contributed by atoms with Crippen LogP contribution in [0.4, 0.5) is 0 Å². The van der Waals surface area contributed by atoms with Gasteiger partial charge in [-0.25, -0.2) is 0 Å². The highest BCUT2D eigenvalue weighted by Gasteiger charge is 1.94. The SMILES string of the molecule is CC(C)COCCCNCc1ccsc1. The molecule has 1 heterocycles. The molecule has 0 saturated heterocycles. The number of nitrogens with one attached hydrogen (secondary N) is 1. The van der Waals surface area contributed by atoms with Gasteiger partial charge in [0.25, 0.3) is 0 Å². The number of hydrogen-bond acceptors (Lipinski definition) is 3. The molecule has 0 radical (unpaired) electrons. The molecule has 0 atom stereocenters. The van der Waals surface area contributed by atoms with Crippen LogP contribution < -0.4 is 5.32 Å². The minimum atomic E-state index is 0.642. The number of rotatable bonds is 8. The van der Waals surface area contributed by atoms with Crippen molar-refractivity contribution in [2.45, 2.75) is 26.8 Å². The van der Waals surface area contributed by atoms with Crippen LogP contribution in [0.3, 0.4) is 0 Å². The van der Waals surface area contributed by atoms with E-state index in [4.69, 9.17) is 4.74 Å². The third-order valence-corrected chi connectivity index (χ3v) is 2.73. The third kappa shape index (κ3) is 6.66. The molecule has 86 valence electrons. The molecule has 0 spiro atoms. The van der Waals surface area contributed by atoms with Gasteiger partial charge in [0.2, 0.25) is 0 Å². The molecule has 0 fully saturated rings. The van der Waals surface area contributed by atoms with Gasteiger partial charge in [-0.1, -0.05) is 13.8 Å². The highest BCUT2D eigenvalue weighted by Crippen LogP contribution is 2.04. The summed E-state index contributed by atoms with van der Waals surface area (Å²) in [6.07, 6.45) is 1.09. The quantitative estimate of drug-likeness (QED) is 0.690. The Morgan fingerprint density at radius 3 is 3.00 bits per heavy atom. The standard InChI is InChI=1S/C12H21NOS/c1-11(2)9-14-6-3-5-13-8-12-4-7-15-10-12/h4,7,10-11,13H,3,5-6,8-9H2,1-2H3. The van der Waals surface area contributed by atoms with E-state index in [9.17, 15) is 0 Å². The van der Waals surface area contributed by atoms with Gasteiger partial charge in [-0.2, -0.15) is 11.3 Å². The second-order valence-corrected chi connectivity index (χ2v) is 4.91. The molecule has 3 heteroatoms. The summed E-state index contributed by atoms with van der Waals surface area (Å²) < 4.78 is 5.49. The van der Waals surface area contributed by atoms with Crippen molar-refractivity contribution < 1.29 is 4.74 Å². The Labute approximate surface area is 96.7 Å². The molecule has 1 rings (SSSR count). The first-order valence-electron chi connectivity index (χ1n) is 5.58. The minimum Gasteiger partial charge on any atom is -0.381 e. The van der Waals surface area contributed by atoms with Crippen molar-refractivity contribution in [2.24, 2.45) is 5.92 Å². The molecule has 0 aliphatic heterocycles. The van der Waals surface area contributed by atoms with E-state index >= 15 is 0 Å². The van der Waals surface area contributed by atoms with Crippen LogP contribution in [0.2, 0.25) is 0 Å². The van der Waals surface area contributed by atoms with E-state index in [0.717, 1.165) is 32.7 Å². The maximum absolute atomic E-state index is 5.49. The van der Waals surface area contributed by atoms with Crippen LogP contribution in [0.5, 0.6) is 0 Å². The third-order valence-electron chi connectivity index (χ3n) is 2.00. The summed E-state index contributed by atoms with van der Waals surface area (Å²) in [6, 6.07) is 2.16. The van der Waals surface area contributed by atoms with Crippen LogP contribution >= 0.6 is 11.3 Å². The molecule has 15 heavy (non-hydrogen) atoms. The molecule has 0 unspecified atom stereocenters. The Kier molecular flexibility index (Phi) is 6.64. The lowest BCUT2D eigenvalue weighted by atomic mass is 10.2. The number of ether oxygens (including phenoxy) is 1. The predicted octanol–water partition coefficient (Wildman–Crippen LogP) is 2.90. The summed E-state index contributed by atoms with van der Waals surface area (Å²) in [5, 5.41) is 7.70. The average molecular weight is 227 g/mol. The second kappa shape index (κ2) is 7.85. The summed E-state index contributed by atoms with van der Waals surface area (Å²) >= 11 is 1.75. The zero-order valence-electron chi connectivity index (χ0n) is 9.66. The molecule has 0 bridgehead atoms. The first-order chi connectivity index (χ1) is 7.29. The lowest BCUT2D eigenvalue weighted by Crippen LogP contribution is -2.16. The fraction of sp³-hybridized carbons (Fsp3) is 0.667. The van der Waals surface area contributed by atoms with E-state index in [-0.39, 0.29) is 0 Å². The Morgan fingerprint density at radius 1 is 1.47 bits per heavy atom. The molecular formula is C12H21NOS. The van der Waals surface area contributed by atoms with Crippen molar-refractivity contribution in [3.05, 3.63) is 22.4 Å². The molecule has 0 aromatic carbocycles. The topological polar surface area (TPSA) is 21.3 Å². The van der Waals surface area contributed by atoms with Crippen LogP contribution in [-0.4, -0.2) is 19.8 Å². The van der Waals surface area contributed by atoms with E-state index < -0.39 is 0 Å². The average Bonchev–Trinajstić information content (AvgIpc) is 2.68. The van der Waals surface area contributed by atoms with Gasteiger partial charge in [0.15, 0.2) is 0 Å². The molecule has 2 nitrogen and oxygen atoms in total. The van der Waals surface area contributed by atoms with E-state index in [1.807, 2.05) is 0 Å². The summed E-state index contributed by atoms with van der Waals surface area (Å²) in [5.41, 5.74) is 1.38. The van der Waals surface area contributed by atoms with Gasteiger partial charge >= 0.3 is 0 Å². The van der Waals surface area contributed by atoms with Crippen LogP contribution in [0.25, 0.3) is 0 Å². The molecule has 0 amide bonds. The molecule has 0 aliphatic carbocycles. The van der Waals surface area contributed by atoms with E-state index in [1.165, 1.54) is 5.56 Å². The van der Waals surface area contributed by atoms with Gasteiger partial charge in [-0.15, -0.1) is 0 Å². The van der Waals surface area contributed by atoms with Crippen LogP contribution in [-0.2, 0) is 11.3 Å². The smallest absolute Gasteiger partial charge is 0.0489 e. The van der Waals surface area contributed by atoms with Gasteiger partial charge in [-0.05, 0) is 41.3 Å². The zero-order valence-corrected chi connectivity index (χ0v) is 10.5. The van der Waals surface area contributed by atoms with Gasteiger partial charge in [-0.3, -0.25) is 0 Å². The highest BCUT2D eigenvalue weighted by molar-refractivity contribution is 7.07. The lowest BCUT2D eigenvalue weighted by Gasteiger charge is -2.07. The molecular weight excluding hydrogens is 206 g/mol. The van der Waals surface area contributed by atoms with Crippen molar-refractivity contribution in [1.82, 2.24) is 5.32 Å². The molecule has 0 aliphatic rings. The van der Waals surface area contributed by atoms with Crippen molar-refractivity contribution in [1.29, 1.82) is 0 Å². The Balaban J connectivity index is 1.85. The monoisotopic (exact) mass is 227 g/mol. The van der Waals surface area contributed by atoms with Gasteiger partial charge in [0, 0.05) is 19.8 Å². The summed E-state index contributed by atoms with van der Waals surface area (Å²) in [7, 11) is 0. The van der Waals surface area contributed by atoms with Gasteiger partial charge in [0.1, 0.15) is 0 Å². The Morgan fingerprint density at radius 2 is 2.33 bits per heavy atom. The molecule has 1 N–H and O–H groups in total. The first kappa shape index (κ1) is 12.7. The van der Waals surface area contributed by atoms with Gasteiger partial charge in [0.05, 0.1) is 0 Å². The Bertz CT molecular complexity index is 234. The van der Waals surface area contributed by atoms with Crippen LogP contribution in [0, 0.1) is 5.92 Å². The maximum atomic E-state index is 5.49. The van der Waals surface area contributed by atoms with Gasteiger partial charge < -0.3 is 10.1 Å². The summed E-state index contributed by atoms with van der Waals surface area (Å²) in [5.74, 6) is 0.642. The van der Waals surface area contributed by atoms with Crippen molar-refractivity contribution in [3.63, 3.8) is 0 Å². The normalized spacial score (nSPS) is 11.1. The molecule has 1 aromatic heterocycles. The van der Waals surface area contributed by atoms with Crippen LogP contribution in [0.15, 0.2) is 16.8 Å². The fourth-order valence-electron chi connectivity index (χ4n) is 1.24. The molecule has 0 saturated carbocycles. The molecule has 1 aromatic rings. The van der Waals surface area contributed by atoms with Crippen molar-refractivity contribution >= 4 is 11.3 Å². The first-order valence-corrected chi connectivity index (χ1v) is 6.53. The van der Waals surface area contributed by atoms with E-state index in [2.05, 4.69) is 36.0 Å². The Hall–Kier alpha value is -0.380. The predicted molar refractivity (Wildman–Crippen MR) is 66.3 cm³/mol. The largest absolute Gasteiger partial charge is 0.381 e. The number of hydrogen-bond donors (Lipinski definition) is 1. The zero-order chi connectivity index (χ0) is 10.9. The maximum Gasteiger partial charge on any atom is 0.0489 e. The fourth-order valence-corrected chi connectivity index (χ4v) is 1.91. The van der Waals surface area contributed by atoms with Crippen molar-refractivity contribution in [2.75, 3.05) is 19.8 Å². The summed E-state index contributed by atoms with van der Waals surface area (Å²) in [6.45, 7) is 8.12. The van der Waals surface area contributed by atoms with E-state index in [1.54, 1.807) is 11.3 Å². The highest BCUT2D eigenvalue weighted by atomic mass is 32.1. The van der Waals surface area contributed by atoms with Crippen molar-refractivity contribution in [3.8, 4) is 0 Å². The minimum absolute atomic E-state index is 0.642. The summed E-state index contributed by atoms with van der Waals surface area (Å²) in [4.78, 5) is 0. The lowest BCUT2D eigenvalue weighted by molar-refractivity contribution is 0.108.